The lowest BCUT2D eigenvalue weighted by molar-refractivity contribution is -0.402. The minimum atomic E-state index is -0.739. The van der Waals surface area contributed by atoms with Crippen LogP contribution in [0.15, 0.2) is 46.9 Å². The number of nitrogens with zero attached hydrogens (tertiary/aromatic N) is 2. The Kier molecular flexibility index (Phi) is 5.13. The fourth-order valence-corrected chi connectivity index (χ4v) is 2.97. The van der Waals surface area contributed by atoms with E-state index in [1.165, 1.54) is 13.2 Å². The maximum atomic E-state index is 12.4. The van der Waals surface area contributed by atoms with Crippen LogP contribution < -0.4 is 10.6 Å². The third-order valence-electron chi connectivity index (χ3n) is 3.29. The van der Waals surface area contributed by atoms with Gasteiger partial charge in [-0.1, -0.05) is 41.7 Å². The van der Waals surface area contributed by atoms with E-state index in [4.69, 9.17) is 4.42 Å². The number of carbonyl (C=O) groups is 2. The summed E-state index contributed by atoms with van der Waals surface area (Å²) < 4.78 is 9.43. The fraction of sp³-hybridized carbons (Fsp3) is 0.0625. The van der Waals surface area contributed by atoms with E-state index in [2.05, 4.69) is 20.4 Å². The first kappa shape index (κ1) is 18.1. The summed E-state index contributed by atoms with van der Waals surface area (Å²) >= 11 is 1.00. The van der Waals surface area contributed by atoms with Gasteiger partial charge in [0, 0.05) is 5.56 Å². The second-order valence-electron chi connectivity index (χ2n) is 5.03. The molecule has 0 spiro atoms. The van der Waals surface area contributed by atoms with E-state index in [9.17, 15) is 19.7 Å². The van der Waals surface area contributed by atoms with Crippen molar-refractivity contribution in [1.29, 1.82) is 0 Å². The largest absolute Gasteiger partial charge is 0.453 e. The fourth-order valence-electron chi connectivity index (χ4n) is 2.10. The van der Waals surface area contributed by atoms with Crippen molar-refractivity contribution in [2.45, 2.75) is 0 Å². The zero-order valence-electron chi connectivity index (χ0n) is 13.8. The number of carbonyl (C=O) groups excluding carboxylic acids is 2. The Hall–Kier alpha value is -3.73. The van der Waals surface area contributed by atoms with Gasteiger partial charge in [-0.25, -0.2) is 9.78 Å². The van der Waals surface area contributed by atoms with Crippen molar-refractivity contribution in [3.8, 4) is 11.3 Å². The molecule has 0 aliphatic rings. The van der Waals surface area contributed by atoms with Gasteiger partial charge in [0.15, 0.2) is 10.9 Å². The summed E-state index contributed by atoms with van der Waals surface area (Å²) in [6.45, 7) is 0. The molecule has 2 N–H and O–H groups in total. The number of furan rings is 1. The molecule has 0 bridgehead atoms. The molecule has 0 saturated heterocycles. The molecule has 27 heavy (non-hydrogen) atoms. The summed E-state index contributed by atoms with van der Waals surface area (Å²) in [5.41, 5.74) is 1.12. The van der Waals surface area contributed by atoms with Crippen molar-refractivity contribution >= 4 is 39.4 Å². The third-order valence-corrected chi connectivity index (χ3v) is 4.18. The van der Waals surface area contributed by atoms with Crippen molar-refractivity contribution in [1.82, 2.24) is 4.98 Å². The second-order valence-corrected chi connectivity index (χ2v) is 6.03. The Bertz CT molecular complexity index is 998. The standard InChI is InChI=1S/C16H12N4O6S/c1-25-16(22)19-15-17-12(9-5-3-2-4-6-9)14(27-15)18-13(21)10-7-8-11(26-10)20(23)24/h2-8H,1H3,(H,18,21)(H,17,19,22). The van der Waals surface area contributed by atoms with Crippen molar-refractivity contribution in [2.24, 2.45) is 0 Å². The highest BCUT2D eigenvalue weighted by atomic mass is 32.1. The molecule has 0 aliphatic carbocycles. The Morgan fingerprint density at radius 3 is 2.56 bits per heavy atom. The zero-order chi connectivity index (χ0) is 19.4. The minimum Gasteiger partial charge on any atom is -0.453 e. The number of rotatable bonds is 5. The molecule has 10 nitrogen and oxygen atoms in total. The van der Waals surface area contributed by atoms with Crippen LogP contribution in [0.3, 0.4) is 0 Å². The van der Waals surface area contributed by atoms with Crippen LogP contribution in [0.25, 0.3) is 11.3 Å². The van der Waals surface area contributed by atoms with Gasteiger partial charge in [0.25, 0.3) is 5.91 Å². The van der Waals surface area contributed by atoms with Gasteiger partial charge in [0.05, 0.1) is 13.2 Å². The second kappa shape index (κ2) is 7.66. The maximum Gasteiger partial charge on any atom is 0.433 e. The summed E-state index contributed by atoms with van der Waals surface area (Å²) in [5.74, 6) is -1.45. The molecule has 0 fully saturated rings. The van der Waals surface area contributed by atoms with Crippen LogP contribution in [0.4, 0.5) is 20.8 Å². The number of nitrogens with one attached hydrogen (secondary N) is 2. The first-order chi connectivity index (χ1) is 13.0. The maximum absolute atomic E-state index is 12.4. The monoisotopic (exact) mass is 388 g/mol. The molecule has 0 aliphatic heterocycles. The van der Waals surface area contributed by atoms with Crippen LogP contribution in [0.1, 0.15) is 10.6 Å². The van der Waals surface area contributed by atoms with Gasteiger partial charge in [-0.05, 0) is 6.07 Å². The van der Waals surface area contributed by atoms with E-state index in [-0.39, 0.29) is 10.9 Å². The first-order valence-corrected chi connectivity index (χ1v) is 8.26. The zero-order valence-corrected chi connectivity index (χ0v) is 14.6. The number of benzene rings is 1. The highest BCUT2D eigenvalue weighted by molar-refractivity contribution is 7.20. The summed E-state index contributed by atoms with van der Waals surface area (Å²) in [7, 11) is 1.22. The number of ether oxygens (including phenoxy) is 1. The topological polar surface area (TPSA) is 137 Å². The number of aromatic nitrogens is 1. The van der Waals surface area contributed by atoms with Gasteiger partial charge in [-0.15, -0.1) is 0 Å². The molecular weight excluding hydrogens is 376 g/mol. The van der Waals surface area contributed by atoms with Crippen LogP contribution >= 0.6 is 11.3 Å². The van der Waals surface area contributed by atoms with E-state index in [1.54, 1.807) is 24.3 Å². The summed E-state index contributed by atoms with van der Waals surface area (Å²) in [5, 5.41) is 16.3. The first-order valence-electron chi connectivity index (χ1n) is 7.44. The Labute approximate surface area is 155 Å². The molecule has 3 rings (SSSR count). The molecular formula is C16H12N4O6S. The van der Waals surface area contributed by atoms with Gasteiger partial charge in [0.2, 0.25) is 0 Å². The average molecular weight is 388 g/mol. The highest BCUT2D eigenvalue weighted by Gasteiger charge is 2.21. The van der Waals surface area contributed by atoms with Crippen LogP contribution in [-0.4, -0.2) is 29.0 Å². The quantitative estimate of drug-likeness (QED) is 0.502. The SMILES string of the molecule is COC(=O)Nc1nc(-c2ccccc2)c(NC(=O)c2ccc([N+](=O)[O-])o2)s1. The normalized spacial score (nSPS) is 10.3. The molecule has 2 aromatic heterocycles. The van der Waals surface area contributed by atoms with Crippen LogP contribution in [0, 0.1) is 10.1 Å². The van der Waals surface area contributed by atoms with E-state index in [1.807, 2.05) is 6.07 Å². The third kappa shape index (κ3) is 4.10. The molecule has 0 unspecified atom stereocenters. The number of anilines is 2. The summed E-state index contributed by atoms with van der Waals surface area (Å²) in [6, 6.07) is 11.3. The molecule has 0 radical (unpaired) electrons. The van der Waals surface area contributed by atoms with Crippen molar-refractivity contribution in [3.63, 3.8) is 0 Å². The van der Waals surface area contributed by atoms with Crippen molar-refractivity contribution < 1.29 is 23.7 Å². The molecule has 3 aromatic rings. The molecule has 2 heterocycles. The van der Waals surface area contributed by atoms with Crippen LogP contribution in [-0.2, 0) is 4.74 Å². The smallest absolute Gasteiger partial charge is 0.433 e. The predicted molar refractivity (Wildman–Crippen MR) is 96.9 cm³/mol. The number of hydrogen-bond donors (Lipinski definition) is 2. The van der Waals surface area contributed by atoms with Crippen molar-refractivity contribution in [2.75, 3.05) is 17.7 Å². The van der Waals surface area contributed by atoms with Crippen LogP contribution in [0.5, 0.6) is 0 Å². The lowest BCUT2D eigenvalue weighted by Gasteiger charge is -2.03. The van der Waals surface area contributed by atoms with Gasteiger partial charge in [-0.2, -0.15) is 0 Å². The lowest BCUT2D eigenvalue weighted by Crippen LogP contribution is -2.10. The lowest BCUT2D eigenvalue weighted by atomic mass is 10.2. The van der Waals surface area contributed by atoms with E-state index in [0.29, 0.717) is 16.3 Å². The number of amides is 2. The Morgan fingerprint density at radius 2 is 1.93 bits per heavy atom. The average Bonchev–Trinajstić information content (AvgIpc) is 3.30. The minimum absolute atomic E-state index is 0.210. The number of methoxy groups -OCH3 is 1. The van der Waals surface area contributed by atoms with E-state index < -0.39 is 22.8 Å². The molecule has 0 atom stereocenters. The Balaban J connectivity index is 1.91. The van der Waals surface area contributed by atoms with E-state index in [0.717, 1.165) is 17.4 Å². The number of nitro groups is 1. The van der Waals surface area contributed by atoms with Gasteiger partial charge in [-0.3, -0.25) is 20.2 Å². The van der Waals surface area contributed by atoms with E-state index >= 15 is 0 Å². The van der Waals surface area contributed by atoms with Gasteiger partial charge < -0.3 is 14.5 Å². The molecule has 0 saturated carbocycles. The summed E-state index contributed by atoms with van der Waals surface area (Å²) in [4.78, 5) is 38.0. The molecule has 1 aromatic carbocycles. The van der Waals surface area contributed by atoms with Crippen LogP contribution in [0.2, 0.25) is 0 Å². The highest BCUT2D eigenvalue weighted by Crippen LogP contribution is 2.36. The molecule has 2 amide bonds. The number of thiazole rings is 1. The van der Waals surface area contributed by atoms with Gasteiger partial charge >= 0.3 is 12.0 Å². The number of hydrogen-bond acceptors (Lipinski definition) is 8. The molecule has 11 heteroatoms. The predicted octanol–water partition coefficient (Wildman–Crippen LogP) is 3.74. The molecule has 138 valence electrons. The summed E-state index contributed by atoms with van der Waals surface area (Å²) in [6.07, 6.45) is -0.706. The van der Waals surface area contributed by atoms with Gasteiger partial charge in [0.1, 0.15) is 15.6 Å². The Morgan fingerprint density at radius 1 is 1.19 bits per heavy atom. The van der Waals surface area contributed by atoms with Crippen molar-refractivity contribution in [3.05, 3.63) is 58.3 Å².